The maximum atomic E-state index is 12.3. The summed E-state index contributed by atoms with van der Waals surface area (Å²) in [6, 6.07) is 10.3. The lowest BCUT2D eigenvalue weighted by molar-refractivity contribution is -0.132. The summed E-state index contributed by atoms with van der Waals surface area (Å²) in [5.41, 5.74) is 1.91. The molecule has 2 N–H and O–H groups in total. The van der Waals surface area contributed by atoms with Crippen LogP contribution in [0.1, 0.15) is 34.1 Å². The summed E-state index contributed by atoms with van der Waals surface area (Å²) < 4.78 is 0. The molecule has 0 atom stereocenters. The molecule has 1 fully saturated rings. The van der Waals surface area contributed by atoms with Crippen LogP contribution in [0.4, 0.5) is 11.5 Å². The van der Waals surface area contributed by atoms with Crippen LogP contribution in [0.2, 0.25) is 0 Å². The van der Waals surface area contributed by atoms with Gasteiger partial charge < -0.3 is 25.3 Å². The molecular weight excluding hydrogens is 432 g/mol. The Bertz CT molecular complexity index is 938. The predicted molar refractivity (Wildman–Crippen MR) is 142 cm³/mol. The Hall–Kier alpha value is -2.45. The molecule has 1 aromatic heterocycles. The number of fused-ring (bicyclic) bond motifs is 1. The van der Waals surface area contributed by atoms with Gasteiger partial charge >= 0.3 is 0 Å². The number of hydrogen-bond donors (Lipinski definition) is 2. The van der Waals surface area contributed by atoms with Gasteiger partial charge in [0, 0.05) is 56.8 Å². The molecule has 1 saturated heterocycles. The molecule has 0 bridgehead atoms. The summed E-state index contributed by atoms with van der Waals surface area (Å²) in [6.45, 7) is 15.5. The summed E-state index contributed by atoms with van der Waals surface area (Å²) >= 11 is 5.45. The van der Waals surface area contributed by atoms with Crippen LogP contribution in [0.5, 0.6) is 0 Å². The number of benzene rings is 1. The van der Waals surface area contributed by atoms with Crippen molar-refractivity contribution in [3.05, 3.63) is 30.3 Å². The average Bonchev–Trinajstić information content (AvgIpc) is 2.81. The van der Waals surface area contributed by atoms with Gasteiger partial charge in [0.25, 0.3) is 0 Å². The van der Waals surface area contributed by atoms with Gasteiger partial charge in [0.05, 0.1) is 5.52 Å². The standard InChI is InChI=1S/C25H38N6OS/c1-5-29(6-2)12-11-26-25(33)27-21-8-9-22-20(18-21)7-10-23(28-22)30-13-15-31(16-14-30)24(32)17-19(3)4/h7-10,18-19H,5-6,11-17H2,1-4H3,(H2,26,27,33). The number of pyridine rings is 1. The fourth-order valence-electron chi connectivity index (χ4n) is 4.07. The molecule has 1 aliphatic rings. The van der Waals surface area contributed by atoms with Crippen LogP contribution in [0.25, 0.3) is 10.9 Å². The number of likely N-dealkylation sites (N-methyl/N-ethyl adjacent to an activating group) is 1. The Balaban J connectivity index is 1.54. The summed E-state index contributed by atoms with van der Waals surface area (Å²) in [5.74, 6) is 1.62. The van der Waals surface area contributed by atoms with Crippen LogP contribution < -0.4 is 15.5 Å². The highest BCUT2D eigenvalue weighted by molar-refractivity contribution is 7.80. The fraction of sp³-hybridized carbons (Fsp3) is 0.560. The van der Waals surface area contributed by atoms with E-state index in [1.807, 2.05) is 17.0 Å². The van der Waals surface area contributed by atoms with Crippen molar-refractivity contribution in [1.82, 2.24) is 20.1 Å². The molecule has 33 heavy (non-hydrogen) atoms. The van der Waals surface area contributed by atoms with Crippen molar-refractivity contribution >= 4 is 45.6 Å². The van der Waals surface area contributed by atoms with Gasteiger partial charge in [-0.25, -0.2) is 4.98 Å². The van der Waals surface area contributed by atoms with E-state index in [9.17, 15) is 4.79 Å². The Morgan fingerprint density at radius 1 is 1.12 bits per heavy atom. The monoisotopic (exact) mass is 470 g/mol. The number of carbonyl (C=O) groups is 1. The van der Waals surface area contributed by atoms with E-state index in [0.29, 0.717) is 17.5 Å². The Morgan fingerprint density at radius 2 is 1.85 bits per heavy atom. The molecule has 0 radical (unpaired) electrons. The van der Waals surface area contributed by atoms with Crippen molar-refractivity contribution in [3.63, 3.8) is 0 Å². The van der Waals surface area contributed by atoms with Crippen LogP contribution in [-0.4, -0.2) is 78.2 Å². The van der Waals surface area contributed by atoms with Crippen LogP contribution in [0.15, 0.2) is 30.3 Å². The molecule has 0 unspecified atom stereocenters. The average molecular weight is 471 g/mol. The first-order valence-corrected chi connectivity index (χ1v) is 12.5. The van der Waals surface area contributed by atoms with Crippen LogP contribution in [-0.2, 0) is 4.79 Å². The van der Waals surface area contributed by atoms with Crippen molar-refractivity contribution in [1.29, 1.82) is 0 Å². The van der Waals surface area contributed by atoms with Gasteiger partial charge in [-0.2, -0.15) is 0 Å². The van der Waals surface area contributed by atoms with E-state index >= 15 is 0 Å². The molecule has 0 saturated carbocycles. The number of amides is 1. The highest BCUT2D eigenvalue weighted by Crippen LogP contribution is 2.22. The zero-order valence-corrected chi connectivity index (χ0v) is 21.2. The van der Waals surface area contributed by atoms with Crippen LogP contribution in [0.3, 0.4) is 0 Å². The number of aromatic nitrogens is 1. The van der Waals surface area contributed by atoms with E-state index in [0.717, 1.165) is 74.8 Å². The van der Waals surface area contributed by atoms with Gasteiger partial charge in [0.2, 0.25) is 5.91 Å². The SMILES string of the molecule is CCN(CC)CCNC(=S)Nc1ccc2nc(N3CCN(C(=O)CC(C)C)CC3)ccc2c1. The summed E-state index contributed by atoms with van der Waals surface area (Å²) in [5, 5.41) is 8.26. The van der Waals surface area contributed by atoms with Crippen molar-refractivity contribution < 1.29 is 4.79 Å². The molecule has 1 amide bonds. The number of nitrogens with zero attached hydrogens (tertiary/aromatic N) is 4. The predicted octanol–water partition coefficient (Wildman–Crippen LogP) is 3.56. The first-order valence-electron chi connectivity index (χ1n) is 12.1. The van der Waals surface area contributed by atoms with E-state index in [-0.39, 0.29) is 5.91 Å². The third-order valence-corrected chi connectivity index (χ3v) is 6.33. The maximum Gasteiger partial charge on any atom is 0.222 e. The van der Waals surface area contributed by atoms with E-state index in [2.05, 4.69) is 66.3 Å². The molecule has 2 aromatic rings. The van der Waals surface area contributed by atoms with E-state index < -0.39 is 0 Å². The van der Waals surface area contributed by atoms with Crippen LogP contribution in [0, 0.1) is 5.92 Å². The van der Waals surface area contributed by atoms with Gasteiger partial charge in [0.15, 0.2) is 5.11 Å². The molecule has 0 aliphatic carbocycles. The maximum absolute atomic E-state index is 12.3. The van der Waals surface area contributed by atoms with E-state index in [1.54, 1.807) is 0 Å². The first-order chi connectivity index (χ1) is 15.9. The molecule has 3 rings (SSSR count). The highest BCUT2D eigenvalue weighted by Gasteiger charge is 2.22. The fourth-order valence-corrected chi connectivity index (χ4v) is 4.29. The minimum absolute atomic E-state index is 0.261. The number of piperazine rings is 1. The van der Waals surface area contributed by atoms with E-state index in [1.165, 1.54) is 0 Å². The lowest BCUT2D eigenvalue weighted by atomic mass is 10.1. The van der Waals surface area contributed by atoms with Gasteiger partial charge in [-0.15, -0.1) is 0 Å². The number of carbonyl (C=O) groups excluding carboxylic acids is 1. The second-order valence-corrected chi connectivity index (χ2v) is 9.36. The number of anilines is 2. The van der Waals surface area contributed by atoms with Gasteiger partial charge in [0.1, 0.15) is 5.82 Å². The summed E-state index contributed by atoms with van der Waals surface area (Å²) in [6.07, 6.45) is 0.624. The Morgan fingerprint density at radius 3 is 2.52 bits per heavy atom. The minimum Gasteiger partial charge on any atom is -0.361 e. The van der Waals surface area contributed by atoms with Gasteiger partial charge in [-0.1, -0.05) is 27.7 Å². The molecule has 0 spiro atoms. The van der Waals surface area contributed by atoms with Crippen molar-refractivity contribution in [2.75, 3.05) is 62.6 Å². The number of nitrogens with one attached hydrogen (secondary N) is 2. The lowest BCUT2D eigenvalue weighted by Crippen LogP contribution is -2.49. The molecule has 1 aromatic carbocycles. The second kappa shape index (κ2) is 12.1. The number of thiocarbonyl (C=S) groups is 1. The van der Waals surface area contributed by atoms with Crippen molar-refractivity contribution in [2.24, 2.45) is 5.92 Å². The normalized spacial score (nSPS) is 14.2. The summed E-state index contributed by atoms with van der Waals surface area (Å²) in [7, 11) is 0. The number of rotatable bonds is 9. The quantitative estimate of drug-likeness (QED) is 0.543. The largest absolute Gasteiger partial charge is 0.361 e. The van der Waals surface area contributed by atoms with Crippen molar-refractivity contribution in [3.8, 4) is 0 Å². The van der Waals surface area contributed by atoms with E-state index in [4.69, 9.17) is 17.2 Å². The molecule has 180 valence electrons. The third kappa shape index (κ3) is 7.27. The highest BCUT2D eigenvalue weighted by atomic mass is 32.1. The molecule has 2 heterocycles. The first kappa shape index (κ1) is 25.2. The zero-order valence-electron chi connectivity index (χ0n) is 20.4. The molecule has 7 nitrogen and oxygen atoms in total. The lowest BCUT2D eigenvalue weighted by Gasteiger charge is -2.35. The summed E-state index contributed by atoms with van der Waals surface area (Å²) in [4.78, 5) is 23.8. The van der Waals surface area contributed by atoms with Crippen molar-refractivity contribution in [2.45, 2.75) is 34.1 Å². The third-order valence-electron chi connectivity index (χ3n) is 6.08. The molecule has 8 heteroatoms. The smallest absolute Gasteiger partial charge is 0.222 e. The minimum atomic E-state index is 0.261. The zero-order chi connectivity index (χ0) is 23.8. The van der Waals surface area contributed by atoms with Gasteiger partial charge in [-0.3, -0.25) is 4.79 Å². The van der Waals surface area contributed by atoms with Crippen LogP contribution >= 0.6 is 12.2 Å². The number of hydrogen-bond acceptors (Lipinski definition) is 5. The Kier molecular flexibility index (Phi) is 9.26. The molecule has 1 aliphatic heterocycles. The second-order valence-electron chi connectivity index (χ2n) is 8.95. The van der Waals surface area contributed by atoms with Gasteiger partial charge in [-0.05, 0) is 61.6 Å². The Labute approximate surface area is 203 Å². The molecular formula is C25H38N6OS. The topological polar surface area (TPSA) is 63.7 Å².